The average Bonchev–Trinajstić information content (AvgIpc) is 2.61. The number of hydrogen-bond acceptors (Lipinski definition) is 2. The molecule has 0 amide bonds. The molecule has 3 unspecified atom stereocenters. The zero-order chi connectivity index (χ0) is 9.68. The molecule has 1 fully saturated rings. The van der Waals surface area contributed by atoms with Crippen molar-refractivity contribution in [2.75, 3.05) is 13.7 Å². The van der Waals surface area contributed by atoms with Crippen LogP contribution in [0.3, 0.4) is 0 Å². The van der Waals surface area contributed by atoms with Crippen LogP contribution < -0.4 is 5.32 Å². The lowest BCUT2D eigenvalue weighted by atomic mass is 9.89. The molecule has 13 heavy (non-hydrogen) atoms. The standard InChI is InChI=1S/C11H21NO/c1-4-6-10(12-3)9-7-8-13-11(9)5-2/h4,9-12H,1,5-8H2,2-3H3. The van der Waals surface area contributed by atoms with E-state index < -0.39 is 0 Å². The Morgan fingerprint density at radius 1 is 1.69 bits per heavy atom. The average molecular weight is 183 g/mol. The van der Waals surface area contributed by atoms with E-state index in [1.165, 1.54) is 6.42 Å². The highest BCUT2D eigenvalue weighted by molar-refractivity contribution is 4.89. The Balaban J connectivity index is 2.50. The summed E-state index contributed by atoms with van der Waals surface area (Å²) in [6, 6.07) is 0.546. The van der Waals surface area contributed by atoms with Crippen molar-refractivity contribution in [3.63, 3.8) is 0 Å². The monoisotopic (exact) mass is 183 g/mol. The van der Waals surface area contributed by atoms with Crippen LogP contribution in [0.2, 0.25) is 0 Å². The maximum absolute atomic E-state index is 5.67. The molecule has 2 heteroatoms. The molecule has 2 nitrogen and oxygen atoms in total. The molecular weight excluding hydrogens is 162 g/mol. The van der Waals surface area contributed by atoms with Gasteiger partial charge in [0.25, 0.3) is 0 Å². The molecule has 1 N–H and O–H groups in total. The van der Waals surface area contributed by atoms with E-state index in [0.29, 0.717) is 18.1 Å². The van der Waals surface area contributed by atoms with E-state index in [1.807, 2.05) is 13.1 Å². The van der Waals surface area contributed by atoms with Gasteiger partial charge in [-0.1, -0.05) is 13.0 Å². The van der Waals surface area contributed by atoms with Gasteiger partial charge in [0.05, 0.1) is 6.10 Å². The summed E-state index contributed by atoms with van der Waals surface area (Å²) < 4.78 is 5.67. The maximum atomic E-state index is 5.67. The summed E-state index contributed by atoms with van der Waals surface area (Å²) in [4.78, 5) is 0. The minimum Gasteiger partial charge on any atom is -0.378 e. The first-order valence-electron chi connectivity index (χ1n) is 5.23. The third kappa shape index (κ3) is 2.55. The van der Waals surface area contributed by atoms with Gasteiger partial charge in [0.1, 0.15) is 0 Å². The highest BCUT2D eigenvalue weighted by Crippen LogP contribution is 2.27. The topological polar surface area (TPSA) is 21.3 Å². The second-order valence-electron chi connectivity index (χ2n) is 3.69. The van der Waals surface area contributed by atoms with Gasteiger partial charge in [-0.2, -0.15) is 0 Å². The number of rotatable bonds is 5. The molecule has 1 aliphatic heterocycles. The number of hydrogen-bond donors (Lipinski definition) is 1. The molecule has 1 aliphatic rings. The second-order valence-corrected chi connectivity index (χ2v) is 3.69. The molecule has 0 aliphatic carbocycles. The Bertz CT molecular complexity index is 158. The summed E-state index contributed by atoms with van der Waals surface area (Å²) in [5.74, 6) is 0.674. The molecule has 1 heterocycles. The van der Waals surface area contributed by atoms with Crippen LogP contribution in [0.15, 0.2) is 12.7 Å². The van der Waals surface area contributed by atoms with Crippen LogP contribution >= 0.6 is 0 Å². The van der Waals surface area contributed by atoms with Crippen molar-refractivity contribution in [2.45, 2.75) is 38.3 Å². The van der Waals surface area contributed by atoms with Crippen LogP contribution in [-0.2, 0) is 4.74 Å². The van der Waals surface area contributed by atoms with Gasteiger partial charge in [-0.3, -0.25) is 0 Å². The minimum atomic E-state index is 0.456. The van der Waals surface area contributed by atoms with Crippen LogP contribution in [0.4, 0.5) is 0 Å². The molecule has 0 radical (unpaired) electrons. The lowest BCUT2D eigenvalue weighted by molar-refractivity contribution is 0.0786. The summed E-state index contributed by atoms with van der Waals surface area (Å²) >= 11 is 0. The van der Waals surface area contributed by atoms with E-state index in [0.717, 1.165) is 19.4 Å². The van der Waals surface area contributed by atoms with Crippen molar-refractivity contribution in [3.05, 3.63) is 12.7 Å². The Labute approximate surface area is 81.4 Å². The normalized spacial score (nSPS) is 30.3. The minimum absolute atomic E-state index is 0.456. The predicted octanol–water partition coefficient (Wildman–Crippen LogP) is 1.97. The van der Waals surface area contributed by atoms with Crippen LogP contribution in [0, 0.1) is 5.92 Å². The summed E-state index contributed by atoms with van der Waals surface area (Å²) in [5, 5.41) is 3.36. The molecule has 0 saturated carbocycles. The second kappa shape index (κ2) is 5.40. The lowest BCUT2D eigenvalue weighted by Crippen LogP contribution is -2.37. The summed E-state index contributed by atoms with van der Waals surface area (Å²) in [5.41, 5.74) is 0. The van der Waals surface area contributed by atoms with Crippen LogP contribution in [0.1, 0.15) is 26.2 Å². The number of nitrogens with one attached hydrogen (secondary N) is 1. The van der Waals surface area contributed by atoms with Gasteiger partial charge in [0.2, 0.25) is 0 Å². The molecule has 0 spiro atoms. The van der Waals surface area contributed by atoms with E-state index in [1.54, 1.807) is 0 Å². The van der Waals surface area contributed by atoms with Gasteiger partial charge in [0, 0.05) is 18.6 Å². The molecule has 0 aromatic rings. The fourth-order valence-corrected chi connectivity index (χ4v) is 2.23. The highest BCUT2D eigenvalue weighted by atomic mass is 16.5. The highest BCUT2D eigenvalue weighted by Gasteiger charge is 2.31. The first-order valence-corrected chi connectivity index (χ1v) is 5.23. The van der Waals surface area contributed by atoms with E-state index in [-0.39, 0.29) is 0 Å². The lowest BCUT2D eigenvalue weighted by Gasteiger charge is -2.25. The molecule has 0 aromatic carbocycles. The van der Waals surface area contributed by atoms with Crippen molar-refractivity contribution in [3.8, 4) is 0 Å². The van der Waals surface area contributed by atoms with Gasteiger partial charge in [-0.15, -0.1) is 6.58 Å². The van der Waals surface area contributed by atoms with E-state index >= 15 is 0 Å². The van der Waals surface area contributed by atoms with Crippen LogP contribution in [0.25, 0.3) is 0 Å². The first kappa shape index (κ1) is 10.7. The predicted molar refractivity (Wildman–Crippen MR) is 55.8 cm³/mol. The van der Waals surface area contributed by atoms with Crippen molar-refractivity contribution in [1.29, 1.82) is 0 Å². The molecule has 1 rings (SSSR count). The van der Waals surface area contributed by atoms with E-state index in [9.17, 15) is 0 Å². The van der Waals surface area contributed by atoms with Crippen LogP contribution in [-0.4, -0.2) is 25.8 Å². The molecule has 0 bridgehead atoms. The van der Waals surface area contributed by atoms with Crippen molar-refractivity contribution < 1.29 is 4.74 Å². The molecule has 1 saturated heterocycles. The van der Waals surface area contributed by atoms with E-state index in [4.69, 9.17) is 4.74 Å². The van der Waals surface area contributed by atoms with E-state index in [2.05, 4.69) is 18.8 Å². The zero-order valence-corrected chi connectivity index (χ0v) is 8.75. The van der Waals surface area contributed by atoms with Gasteiger partial charge >= 0.3 is 0 Å². The zero-order valence-electron chi connectivity index (χ0n) is 8.75. The maximum Gasteiger partial charge on any atom is 0.0616 e. The third-order valence-electron chi connectivity index (χ3n) is 2.97. The Morgan fingerprint density at radius 3 is 3.00 bits per heavy atom. The Hall–Kier alpha value is -0.340. The van der Waals surface area contributed by atoms with Crippen molar-refractivity contribution in [1.82, 2.24) is 5.32 Å². The van der Waals surface area contributed by atoms with Crippen molar-refractivity contribution in [2.24, 2.45) is 5.92 Å². The first-order chi connectivity index (χ1) is 6.33. The van der Waals surface area contributed by atoms with Crippen LogP contribution in [0.5, 0.6) is 0 Å². The summed E-state index contributed by atoms with van der Waals surface area (Å²) in [7, 11) is 2.03. The Kier molecular flexibility index (Phi) is 4.46. The quantitative estimate of drug-likeness (QED) is 0.658. The molecule has 3 atom stereocenters. The van der Waals surface area contributed by atoms with Gasteiger partial charge < -0.3 is 10.1 Å². The van der Waals surface area contributed by atoms with Gasteiger partial charge in [0.15, 0.2) is 0 Å². The van der Waals surface area contributed by atoms with Crippen molar-refractivity contribution >= 4 is 0 Å². The molecular formula is C11H21NO. The summed E-state index contributed by atoms with van der Waals surface area (Å²) in [6.45, 7) is 6.92. The van der Waals surface area contributed by atoms with Gasteiger partial charge in [-0.25, -0.2) is 0 Å². The number of ether oxygens (including phenoxy) is 1. The fourth-order valence-electron chi connectivity index (χ4n) is 2.23. The Morgan fingerprint density at radius 2 is 2.46 bits per heavy atom. The molecule has 76 valence electrons. The summed E-state index contributed by atoms with van der Waals surface area (Å²) in [6.07, 6.45) is 5.81. The molecule has 0 aromatic heterocycles. The largest absolute Gasteiger partial charge is 0.378 e. The SMILES string of the molecule is C=CCC(NC)C1CCOC1CC. The third-order valence-corrected chi connectivity index (χ3v) is 2.97. The van der Waals surface area contributed by atoms with Gasteiger partial charge in [-0.05, 0) is 26.3 Å². The fraction of sp³-hybridized carbons (Fsp3) is 0.818. The smallest absolute Gasteiger partial charge is 0.0616 e.